The minimum absolute atomic E-state index is 0.00547. The molecule has 1 atom stereocenters. The number of sulfonamides is 1. The molecule has 1 unspecified atom stereocenters. The molecule has 2 aromatic carbocycles. The molecule has 178 valence electrons. The van der Waals surface area contributed by atoms with Crippen molar-refractivity contribution in [1.82, 2.24) is 4.72 Å². The molecule has 1 aliphatic heterocycles. The van der Waals surface area contributed by atoms with Gasteiger partial charge in [0.2, 0.25) is 15.9 Å². The van der Waals surface area contributed by atoms with Crippen LogP contribution in [0, 0.1) is 5.82 Å². The van der Waals surface area contributed by atoms with Crippen molar-refractivity contribution in [3.63, 3.8) is 0 Å². The number of aliphatic carboxylic acids is 1. The van der Waals surface area contributed by atoms with Crippen molar-refractivity contribution in [2.24, 2.45) is 0 Å². The predicted octanol–water partition coefficient (Wildman–Crippen LogP) is 4.81. The van der Waals surface area contributed by atoms with Crippen LogP contribution in [0.5, 0.6) is 5.75 Å². The summed E-state index contributed by atoms with van der Waals surface area (Å²) in [5, 5.41) is 8.71. The maximum Gasteiger partial charge on any atom is 0.368 e. The Bertz CT molecular complexity index is 1150. The smallest absolute Gasteiger partial charge is 0.368 e. The molecule has 0 bridgehead atoms. The molecular formula is C22H24F2N2O5S2. The van der Waals surface area contributed by atoms with Gasteiger partial charge in [-0.05, 0) is 43.0 Å². The van der Waals surface area contributed by atoms with E-state index in [1.54, 1.807) is 29.4 Å². The summed E-state index contributed by atoms with van der Waals surface area (Å²) in [5.41, 5.74) is 0.961. The number of halogens is 2. The number of carbonyl (C=O) groups is 1. The Morgan fingerprint density at radius 2 is 2.03 bits per heavy atom. The number of nitrogens with zero attached hydrogens (tertiary/aromatic N) is 1. The third kappa shape index (κ3) is 5.84. The standard InChI is InChI=1S/C22H24F2N2O5S2/c1-3-4-5-15-12-26(16-8-6-14(23)7-9-16)18-10-20(32-2)19(31-13-17(24)22(27)28)11-21(18)33(29,30)25-15/h6-11,13,15,25H,3-5,12H2,1-2H3,(H,27,28)/b17-13-. The van der Waals surface area contributed by atoms with E-state index in [1.807, 2.05) is 6.92 Å². The van der Waals surface area contributed by atoms with Gasteiger partial charge in [-0.25, -0.2) is 22.3 Å². The van der Waals surface area contributed by atoms with E-state index in [-0.39, 0.29) is 10.6 Å². The molecule has 3 rings (SSSR count). The van der Waals surface area contributed by atoms with E-state index in [4.69, 9.17) is 9.84 Å². The Morgan fingerprint density at radius 1 is 1.33 bits per heavy atom. The molecule has 0 aliphatic carbocycles. The average molecular weight is 499 g/mol. The fraction of sp³-hybridized carbons (Fsp3) is 0.318. The summed E-state index contributed by atoms with van der Waals surface area (Å²) in [6.45, 7) is 2.33. The maximum atomic E-state index is 13.6. The monoisotopic (exact) mass is 498 g/mol. The van der Waals surface area contributed by atoms with Gasteiger partial charge in [0.05, 0.1) is 10.6 Å². The highest BCUT2D eigenvalue weighted by Crippen LogP contribution is 2.41. The number of nitrogens with one attached hydrogen (secondary N) is 1. The molecular weight excluding hydrogens is 474 g/mol. The third-order valence-corrected chi connectivity index (χ3v) is 7.40. The molecule has 0 saturated carbocycles. The van der Waals surface area contributed by atoms with Crippen LogP contribution in [0.15, 0.2) is 58.3 Å². The van der Waals surface area contributed by atoms with Gasteiger partial charge in [0.25, 0.3) is 0 Å². The summed E-state index contributed by atoms with van der Waals surface area (Å²) >= 11 is 1.22. The first kappa shape index (κ1) is 25.0. The van der Waals surface area contributed by atoms with Crippen molar-refractivity contribution in [1.29, 1.82) is 0 Å². The molecule has 33 heavy (non-hydrogen) atoms. The topological polar surface area (TPSA) is 95.9 Å². The van der Waals surface area contributed by atoms with Crippen LogP contribution in [0.25, 0.3) is 0 Å². The van der Waals surface area contributed by atoms with Crippen LogP contribution in [0.1, 0.15) is 26.2 Å². The Morgan fingerprint density at radius 3 is 2.64 bits per heavy atom. The van der Waals surface area contributed by atoms with Gasteiger partial charge in [-0.15, -0.1) is 11.8 Å². The van der Waals surface area contributed by atoms with Crippen LogP contribution in [0.2, 0.25) is 0 Å². The first-order valence-electron chi connectivity index (χ1n) is 10.2. The highest BCUT2D eigenvalue weighted by molar-refractivity contribution is 7.98. The highest BCUT2D eigenvalue weighted by Gasteiger charge is 2.33. The van der Waals surface area contributed by atoms with Gasteiger partial charge in [0.1, 0.15) is 22.7 Å². The van der Waals surface area contributed by atoms with Gasteiger partial charge in [0, 0.05) is 24.3 Å². The number of hydrogen-bond acceptors (Lipinski definition) is 6. The van der Waals surface area contributed by atoms with Crippen molar-refractivity contribution in [3.05, 3.63) is 54.3 Å². The molecule has 0 spiro atoms. The fourth-order valence-corrected chi connectivity index (χ4v) is 5.48. The summed E-state index contributed by atoms with van der Waals surface area (Å²) in [7, 11) is -4.00. The molecule has 0 fully saturated rings. The van der Waals surface area contributed by atoms with Crippen LogP contribution in [-0.4, -0.2) is 38.3 Å². The lowest BCUT2D eigenvalue weighted by atomic mass is 10.1. The average Bonchev–Trinajstić information content (AvgIpc) is 2.89. The van der Waals surface area contributed by atoms with Gasteiger partial charge in [-0.2, -0.15) is 4.39 Å². The lowest BCUT2D eigenvalue weighted by Gasteiger charge is -2.27. The minimum atomic E-state index is -4.00. The molecule has 1 heterocycles. The van der Waals surface area contributed by atoms with Gasteiger partial charge in [0.15, 0.2) is 0 Å². The van der Waals surface area contributed by atoms with E-state index in [0.717, 1.165) is 12.8 Å². The number of ether oxygens (including phenoxy) is 1. The molecule has 7 nitrogen and oxygen atoms in total. The zero-order valence-electron chi connectivity index (χ0n) is 18.0. The number of thioether (sulfide) groups is 1. The summed E-state index contributed by atoms with van der Waals surface area (Å²) in [4.78, 5) is 12.9. The molecule has 11 heteroatoms. The molecule has 2 N–H and O–H groups in total. The molecule has 1 aliphatic rings. The van der Waals surface area contributed by atoms with Crippen molar-refractivity contribution in [2.45, 2.75) is 42.0 Å². The van der Waals surface area contributed by atoms with Gasteiger partial charge in [-0.1, -0.05) is 19.8 Å². The largest absolute Gasteiger partial charge is 0.476 e. The lowest BCUT2D eigenvalue weighted by molar-refractivity contribution is -0.134. The second-order valence-electron chi connectivity index (χ2n) is 7.41. The highest BCUT2D eigenvalue weighted by atomic mass is 32.2. The summed E-state index contributed by atoms with van der Waals surface area (Å²) in [6.07, 6.45) is 4.44. The molecule has 0 aromatic heterocycles. The molecule has 0 radical (unpaired) electrons. The number of carboxylic acids is 1. The van der Waals surface area contributed by atoms with Crippen molar-refractivity contribution in [2.75, 3.05) is 17.7 Å². The maximum absolute atomic E-state index is 13.6. The fourth-order valence-electron chi connectivity index (χ4n) is 3.48. The molecule has 0 saturated heterocycles. The molecule has 2 aromatic rings. The van der Waals surface area contributed by atoms with Crippen LogP contribution in [-0.2, 0) is 14.8 Å². The zero-order chi connectivity index (χ0) is 24.2. The second-order valence-corrected chi connectivity index (χ2v) is 9.94. The first-order chi connectivity index (χ1) is 15.7. The number of anilines is 2. The van der Waals surface area contributed by atoms with E-state index in [9.17, 15) is 22.0 Å². The summed E-state index contributed by atoms with van der Waals surface area (Å²) < 4.78 is 61.4. The van der Waals surface area contributed by atoms with Crippen LogP contribution >= 0.6 is 11.8 Å². The number of carboxylic acid groups (broad SMARTS) is 1. The summed E-state index contributed by atoms with van der Waals surface area (Å²) in [5.74, 6) is -3.74. The van der Waals surface area contributed by atoms with Crippen LogP contribution in [0.3, 0.4) is 0 Å². The SMILES string of the molecule is CCCCC1CN(c2ccc(F)cc2)c2cc(SC)c(O/C=C(\F)C(=O)O)cc2S(=O)(=O)N1. The number of benzene rings is 2. The van der Waals surface area contributed by atoms with Gasteiger partial charge < -0.3 is 14.7 Å². The normalized spacial score (nSPS) is 17.9. The number of rotatable bonds is 8. The van der Waals surface area contributed by atoms with E-state index in [1.165, 1.54) is 30.0 Å². The van der Waals surface area contributed by atoms with E-state index in [0.29, 0.717) is 35.5 Å². The van der Waals surface area contributed by atoms with Crippen LogP contribution in [0.4, 0.5) is 20.2 Å². The van der Waals surface area contributed by atoms with Gasteiger partial charge >= 0.3 is 5.97 Å². The Kier molecular flexibility index (Phi) is 7.98. The first-order valence-corrected chi connectivity index (χ1v) is 12.9. The van der Waals surface area contributed by atoms with Crippen molar-refractivity contribution < 1.29 is 31.8 Å². The number of hydrogen-bond donors (Lipinski definition) is 2. The second kappa shape index (κ2) is 10.5. The minimum Gasteiger partial charge on any atom is -0.476 e. The van der Waals surface area contributed by atoms with E-state index in [2.05, 4.69) is 4.72 Å². The lowest BCUT2D eigenvalue weighted by Crippen LogP contribution is -2.39. The Balaban J connectivity index is 2.17. The summed E-state index contributed by atoms with van der Waals surface area (Å²) in [6, 6.07) is 8.17. The van der Waals surface area contributed by atoms with Crippen LogP contribution < -0.4 is 14.4 Å². The number of unbranched alkanes of at least 4 members (excludes halogenated alkanes) is 1. The Labute approximate surface area is 195 Å². The zero-order valence-corrected chi connectivity index (χ0v) is 19.7. The molecule has 0 amide bonds. The van der Waals surface area contributed by atoms with Gasteiger partial charge in [-0.3, -0.25) is 0 Å². The van der Waals surface area contributed by atoms with E-state index < -0.39 is 33.7 Å². The van der Waals surface area contributed by atoms with Crippen molar-refractivity contribution in [3.8, 4) is 5.75 Å². The predicted molar refractivity (Wildman–Crippen MR) is 123 cm³/mol. The van der Waals surface area contributed by atoms with Crippen molar-refractivity contribution >= 4 is 39.1 Å². The Hall–Kier alpha value is -2.63. The van der Waals surface area contributed by atoms with E-state index >= 15 is 0 Å². The quantitative estimate of drug-likeness (QED) is 0.306. The number of fused-ring (bicyclic) bond motifs is 1. The third-order valence-electron chi connectivity index (χ3n) is 5.09.